The number of rotatable bonds is 6. The first kappa shape index (κ1) is 25.0. The molecule has 1 fully saturated rings. The average molecular weight is 594 g/mol. The molecular formula is C23H21BrFN5O4S2. The first-order valence-electron chi connectivity index (χ1n) is 11.0. The fraction of sp³-hybridized carbons (Fsp3) is 0.261. The molecule has 13 heteroatoms. The molecule has 2 N–H and O–H groups in total. The molecule has 0 amide bonds. The van der Waals surface area contributed by atoms with Crippen LogP contribution in [0.5, 0.6) is 5.75 Å². The minimum absolute atomic E-state index is 0.0780. The Hall–Kier alpha value is -2.71. The van der Waals surface area contributed by atoms with E-state index < -0.39 is 28.1 Å². The molecule has 4 aromatic rings. The highest BCUT2D eigenvalue weighted by molar-refractivity contribution is 9.10. The van der Waals surface area contributed by atoms with E-state index in [9.17, 15) is 18.5 Å². The molecule has 3 aromatic heterocycles. The third-order valence-corrected chi connectivity index (χ3v) is 8.49. The zero-order valence-electron chi connectivity index (χ0n) is 19.0. The molecule has 188 valence electrons. The molecule has 1 unspecified atom stereocenters. The van der Waals surface area contributed by atoms with E-state index >= 15 is 0 Å². The lowest BCUT2D eigenvalue weighted by atomic mass is 10.1. The number of benzene rings is 1. The summed E-state index contributed by atoms with van der Waals surface area (Å²) in [5.74, 6) is -0.978. The van der Waals surface area contributed by atoms with Gasteiger partial charge in [0.05, 0.1) is 28.3 Å². The summed E-state index contributed by atoms with van der Waals surface area (Å²) in [6.45, 7) is 2.60. The molecule has 1 atom stereocenters. The van der Waals surface area contributed by atoms with Gasteiger partial charge in [-0.2, -0.15) is 0 Å². The molecule has 1 aromatic carbocycles. The van der Waals surface area contributed by atoms with Crippen LogP contribution < -0.4 is 15.2 Å². The number of anilines is 1. The van der Waals surface area contributed by atoms with Gasteiger partial charge in [-0.25, -0.2) is 23.3 Å². The van der Waals surface area contributed by atoms with Gasteiger partial charge in [-0.05, 0) is 46.7 Å². The predicted octanol–water partition coefficient (Wildman–Crippen LogP) is 3.09. The fourth-order valence-corrected chi connectivity index (χ4v) is 6.22. The number of aromatic nitrogens is 3. The second-order valence-electron chi connectivity index (χ2n) is 7.99. The number of hydrogen-bond acceptors (Lipinski definition) is 8. The van der Waals surface area contributed by atoms with Crippen molar-refractivity contribution < 1.29 is 18.4 Å². The van der Waals surface area contributed by atoms with E-state index in [-0.39, 0.29) is 5.69 Å². The zero-order valence-corrected chi connectivity index (χ0v) is 22.3. The van der Waals surface area contributed by atoms with Crippen LogP contribution in [0.3, 0.4) is 0 Å². The number of hydrogen-bond donors (Lipinski definition) is 2. The van der Waals surface area contributed by atoms with Gasteiger partial charge >= 0.3 is 5.56 Å². The van der Waals surface area contributed by atoms with Crippen LogP contribution in [0.25, 0.3) is 16.3 Å². The van der Waals surface area contributed by atoms with E-state index in [1.807, 2.05) is 6.07 Å². The summed E-state index contributed by atoms with van der Waals surface area (Å²) in [5, 5.41) is 11.1. The van der Waals surface area contributed by atoms with Gasteiger partial charge in [0, 0.05) is 36.8 Å². The maximum Gasteiger partial charge on any atom is 0.300 e. The lowest BCUT2D eigenvalue weighted by Crippen LogP contribution is -2.36. The lowest BCUT2D eigenvalue weighted by molar-refractivity contribution is 0.122. The molecule has 5 rings (SSSR count). The summed E-state index contributed by atoms with van der Waals surface area (Å²) in [6, 6.07) is 6.03. The Bertz CT molecular complexity index is 1540. The van der Waals surface area contributed by atoms with Crippen LogP contribution in [0.15, 0.2) is 50.8 Å². The Morgan fingerprint density at radius 2 is 2.08 bits per heavy atom. The Morgan fingerprint density at radius 1 is 1.31 bits per heavy atom. The molecule has 0 aliphatic carbocycles. The summed E-state index contributed by atoms with van der Waals surface area (Å²) in [4.78, 5) is 25.2. The van der Waals surface area contributed by atoms with E-state index in [0.717, 1.165) is 10.6 Å². The number of nitrogens with zero attached hydrogens (tertiary/aromatic N) is 4. The third kappa shape index (κ3) is 4.81. The van der Waals surface area contributed by atoms with Crippen LogP contribution in [0.2, 0.25) is 0 Å². The Labute approximate surface area is 220 Å². The minimum Gasteiger partial charge on any atom is -0.501 e. The van der Waals surface area contributed by atoms with Gasteiger partial charge in [0.15, 0.2) is 5.65 Å². The van der Waals surface area contributed by atoms with Crippen LogP contribution in [-0.4, -0.2) is 57.0 Å². The predicted molar refractivity (Wildman–Crippen MR) is 140 cm³/mol. The standard InChI is InChI=1S/C23H21BrFN5O4S2/c1-26-36(33)18-9-14(25)3-2-13(18)8-16-11-27-22(35-16)19-20(31)23(32)30-12-15(10-17(24)21(30)28-19)29-4-6-34-7-5-29/h2-3,9-12,26,31H,4-8H2,1H3. The topological polar surface area (TPSA) is 109 Å². The summed E-state index contributed by atoms with van der Waals surface area (Å²) in [6.07, 6.45) is 3.62. The Kier molecular flexibility index (Phi) is 7.17. The number of fused-ring (bicyclic) bond motifs is 1. The SMILES string of the molecule is CNS(=O)c1cc(F)ccc1Cc1cnc(-c2nc3c(Br)cc(N4CCOCC4)cn3c(=O)c2O)s1. The van der Waals surface area contributed by atoms with Crippen molar-refractivity contribution in [3.8, 4) is 16.5 Å². The van der Waals surface area contributed by atoms with Gasteiger partial charge in [0.25, 0.3) is 0 Å². The molecule has 1 aliphatic heterocycles. The van der Waals surface area contributed by atoms with E-state index in [1.54, 1.807) is 18.5 Å². The number of morpholine rings is 1. The molecule has 0 radical (unpaired) electrons. The van der Waals surface area contributed by atoms with Crippen molar-refractivity contribution in [2.45, 2.75) is 11.3 Å². The van der Waals surface area contributed by atoms with Crippen molar-refractivity contribution in [1.29, 1.82) is 0 Å². The van der Waals surface area contributed by atoms with Crippen molar-refractivity contribution in [3.63, 3.8) is 0 Å². The van der Waals surface area contributed by atoms with Crippen molar-refractivity contribution in [2.75, 3.05) is 38.3 Å². The maximum absolute atomic E-state index is 13.7. The highest BCUT2D eigenvalue weighted by Crippen LogP contribution is 2.33. The van der Waals surface area contributed by atoms with Crippen LogP contribution in [0.4, 0.5) is 10.1 Å². The monoisotopic (exact) mass is 593 g/mol. The number of ether oxygens (including phenoxy) is 1. The molecule has 0 saturated carbocycles. The van der Waals surface area contributed by atoms with Gasteiger partial charge < -0.3 is 14.7 Å². The highest BCUT2D eigenvalue weighted by atomic mass is 79.9. The van der Waals surface area contributed by atoms with Crippen LogP contribution in [-0.2, 0) is 22.1 Å². The first-order valence-corrected chi connectivity index (χ1v) is 13.7. The summed E-state index contributed by atoms with van der Waals surface area (Å²) in [5.41, 5.74) is 1.32. The maximum atomic E-state index is 13.7. The molecule has 9 nitrogen and oxygen atoms in total. The van der Waals surface area contributed by atoms with Gasteiger partial charge in [-0.3, -0.25) is 9.20 Å². The normalized spacial score (nSPS) is 14.9. The number of aromatic hydroxyl groups is 1. The van der Waals surface area contributed by atoms with E-state index in [1.165, 1.54) is 34.9 Å². The molecule has 4 heterocycles. The second kappa shape index (κ2) is 10.3. The Morgan fingerprint density at radius 3 is 2.83 bits per heavy atom. The van der Waals surface area contributed by atoms with Gasteiger partial charge in [0.2, 0.25) is 5.75 Å². The number of thiazole rings is 1. The minimum atomic E-state index is -1.56. The Balaban J connectivity index is 1.51. The first-order chi connectivity index (χ1) is 17.4. The molecule has 1 saturated heterocycles. The summed E-state index contributed by atoms with van der Waals surface area (Å²) < 4.78 is 36.0. The smallest absolute Gasteiger partial charge is 0.300 e. The van der Waals surface area contributed by atoms with Crippen LogP contribution in [0.1, 0.15) is 10.4 Å². The van der Waals surface area contributed by atoms with Crippen LogP contribution in [0, 0.1) is 5.82 Å². The average Bonchev–Trinajstić information content (AvgIpc) is 3.35. The molecular weight excluding hydrogens is 573 g/mol. The molecule has 0 spiro atoms. The molecule has 1 aliphatic rings. The van der Waals surface area contributed by atoms with Crippen molar-refractivity contribution in [2.24, 2.45) is 0 Å². The van der Waals surface area contributed by atoms with Gasteiger partial charge in [-0.15, -0.1) is 11.3 Å². The van der Waals surface area contributed by atoms with E-state index in [2.05, 4.69) is 35.5 Å². The zero-order chi connectivity index (χ0) is 25.4. The van der Waals surface area contributed by atoms with E-state index in [4.69, 9.17) is 4.74 Å². The third-order valence-electron chi connectivity index (χ3n) is 5.75. The fourth-order valence-electron chi connectivity index (χ4n) is 3.96. The largest absolute Gasteiger partial charge is 0.501 e. The second-order valence-corrected chi connectivity index (χ2v) is 11.3. The summed E-state index contributed by atoms with van der Waals surface area (Å²) in [7, 11) is -0.0300. The van der Waals surface area contributed by atoms with E-state index in [0.29, 0.717) is 58.3 Å². The van der Waals surface area contributed by atoms with Crippen molar-refractivity contribution in [3.05, 3.63) is 67.7 Å². The van der Waals surface area contributed by atoms with Crippen molar-refractivity contribution >= 4 is 49.6 Å². The number of pyridine rings is 1. The summed E-state index contributed by atoms with van der Waals surface area (Å²) >= 11 is 4.76. The molecule has 0 bridgehead atoms. The number of halogens is 2. The van der Waals surface area contributed by atoms with Crippen LogP contribution >= 0.6 is 27.3 Å². The highest BCUT2D eigenvalue weighted by Gasteiger charge is 2.21. The number of nitrogens with one attached hydrogen (secondary N) is 1. The van der Waals surface area contributed by atoms with Gasteiger partial charge in [-0.1, -0.05) is 6.07 Å². The van der Waals surface area contributed by atoms with Crippen molar-refractivity contribution in [1.82, 2.24) is 19.1 Å². The molecule has 36 heavy (non-hydrogen) atoms. The lowest BCUT2D eigenvalue weighted by Gasteiger charge is -2.29. The van der Waals surface area contributed by atoms with Gasteiger partial charge in [0.1, 0.15) is 27.5 Å². The quantitative estimate of drug-likeness (QED) is 0.353.